The van der Waals surface area contributed by atoms with Gasteiger partial charge < -0.3 is 0 Å². The van der Waals surface area contributed by atoms with E-state index in [9.17, 15) is 0 Å². The number of hydrogen-bond acceptors (Lipinski definition) is 4. The highest BCUT2D eigenvalue weighted by Gasteiger charge is 2.00. The average Bonchev–Trinajstić information content (AvgIpc) is 2.55. The Hall–Kier alpha value is -0.0300. The second kappa shape index (κ2) is 3.15. The third-order valence-corrected chi connectivity index (χ3v) is 4.69. The van der Waals surface area contributed by atoms with Crippen molar-refractivity contribution in [1.29, 1.82) is 0 Å². The van der Waals surface area contributed by atoms with E-state index >= 15 is 0 Å². The summed E-state index contributed by atoms with van der Waals surface area (Å²) >= 11 is 6.88. The van der Waals surface area contributed by atoms with Gasteiger partial charge >= 0.3 is 0 Å². The monoisotopic (exact) mass is 216 g/mol. The zero-order chi connectivity index (χ0) is 7.68. The second-order valence-electron chi connectivity index (χ2n) is 2.01. The van der Waals surface area contributed by atoms with E-state index in [0.29, 0.717) is 0 Å². The molecule has 0 nitrogen and oxygen atoms in total. The summed E-state index contributed by atoms with van der Waals surface area (Å²) in [5.41, 5.74) is 2.48. The maximum absolute atomic E-state index is 5.17. The van der Waals surface area contributed by atoms with E-state index < -0.39 is 0 Å². The summed E-state index contributed by atoms with van der Waals surface area (Å²) in [6, 6.07) is 2.11. The van der Waals surface area contributed by atoms with Crippen LogP contribution >= 0.6 is 44.2 Å². The van der Waals surface area contributed by atoms with Gasteiger partial charge in [-0.15, -0.1) is 0 Å². The Morgan fingerprint density at radius 2 is 2.18 bits per heavy atom. The molecule has 0 saturated heterocycles. The summed E-state index contributed by atoms with van der Waals surface area (Å²) < 4.78 is 1.01. The summed E-state index contributed by atoms with van der Waals surface area (Å²) in [6.45, 7) is 0. The first-order chi connectivity index (χ1) is 5.38. The highest BCUT2D eigenvalue weighted by Crippen LogP contribution is 2.29. The van der Waals surface area contributed by atoms with Gasteiger partial charge in [0, 0.05) is 10.9 Å². The molecular weight excluding hydrogens is 212 g/mol. The fraction of sp³-hybridized carbons (Fsp3) is 0. The zero-order valence-corrected chi connectivity index (χ0v) is 8.71. The first-order valence-electron chi connectivity index (χ1n) is 2.98. The molecule has 0 aromatic carbocycles. The Kier molecular flexibility index (Phi) is 2.18. The van der Waals surface area contributed by atoms with Crippen LogP contribution < -0.4 is 0 Å². The highest BCUT2D eigenvalue weighted by molar-refractivity contribution is 7.79. The lowest BCUT2D eigenvalue weighted by Gasteiger charge is -1.85. The van der Waals surface area contributed by atoms with E-state index in [-0.39, 0.29) is 0 Å². The maximum Gasteiger partial charge on any atom is 0.109 e. The van der Waals surface area contributed by atoms with Crippen molar-refractivity contribution in [3.05, 3.63) is 26.0 Å². The topological polar surface area (TPSA) is 0 Å². The maximum atomic E-state index is 5.17. The van der Waals surface area contributed by atoms with Crippen LogP contribution in [0, 0.1) is 3.82 Å². The Morgan fingerprint density at radius 1 is 1.27 bits per heavy atom. The van der Waals surface area contributed by atoms with E-state index in [1.165, 1.54) is 11.1 Å². The van der Waals surface area contributed by atoms with Crippen LogP contribution in [0.3, 0.4) is 0 Å². The molecule has 2 aromatic heterocycles. The van der Waals surface area contributed by atoms with Gasteiger partial charge in [0.25, 0.3) is 0 Å². The van der Waals surface area contributed by atoms with E-state index in [1.807, 2.05) is 0 Å². The standard InChI is InChI=1S/C7H4S4/c8-7-6(4-10-11-7)5-1-2-9-3-5/h1-4H. The van der Waals surface area contributed by atoms with E-state index in [2.05, 4.69) is 22.2 Å². The van der Waals surface area contributed by atoms with Gasteiger partial charge in [0.15, 0.2) is 0 Å². The summed E-state index contributed by atoms with van der Waals surface area (Å²) in [4.78, 5) is 0. The molecule has 0 saturated carbocycles. The van der Waals surface area contributed by atoms with E-state index in [1.54, 1.807) is 32.0 Å². The van der Waals surface area contributed by atoms with Gasteiger partial charge in [0.1, 0.15) is 3.82 Å². The van der Waals surface area contributed by atoms with Gasteiger partial charge in [-0.05, 0) is 22.4 Å². The van der Waals surface area contributed by atoms with Crippen molar-refractivity contribution in [3.8, 4) is 11.1 Å². The van der Waals surface area contributed by atoms with E-state index in [0.717, 1.165) is 3.82 Å². The fourth-order valence-electron chi connectivity index (χ4n) is 0.812. The lowest BCUT2D eigenvalue weighted by molar-refractivity contribution is 1.85. The normalized spacial score (nSPS) is 10.2. The smallest absolute Gasteiger partial charge is 0.109 e. The van der Waals surface area contributed by atoms with Crippen LogP contribution in [-0.2, 0) is 0 Å². The Bertz CT molecular complexity index is 378. The molecule has 0 bridgehead atoms. The van der Waals surface area contributed by atoms with Crippen molar-refractivity contribution in [1.82, 2.24) is 0 Å². The number of rotatable bonds is 1. The summed E-state index contributed by atoms with van der Waals surface area (Å²) in [5, 5.41) is 6.33. The molecule has 0 amide bonds. The van der Waals surface area contributed by atoms with Gasteiger partial charge in [-0.1, -0.05) is 32.9 Å². The Morgan fingerprint density at radius 3 is 2.73 bits per heavy atom. The minimum Gasteiger partial charge on any atom is -0.152 e. The molecule has 0 fully saturated rings. The predicted molar refractivity (Wildman–Crippen MR) is 56.3 cm³/mol. The zero-order valence-electron chi connectivity index (χ0n) is 5.44. The summed E-state index contributed by atoms with van der Waals surface area (Å²) in [6.07, 6.45) is 0. The molecule has 2 aromatic rings. The van der Waals surface area contributed by atoms with Crippen LogP contribution in [0.5, 0.6) is 0 Å². The molecule has 4 heteroatoms. The first-order valence-corrected chi connectivity index (χ1v) is 6.55. The second-order valence-corrected chi connectivity index (χ2v) is 5.54. The highest BCUT2D eigenvalue weighted by atomic mass is 32.9. The van der Waals surface area contributed by atoms with Gasteiger partial charge in [0.05, 0.1) is 0 Å². The van der Waals surface area contributed by atoms with Gasteiger partial charge in [0.2, 0.25) is 0 Å². The molecule has 2 rings (SSSR count). The number of thiophene rings is 1. The SMILES string of the molecule is S=c1sscc1-c1ccsc1. The summed E-state index contributed by atoms with van der Waals surface area (Å²) in [5.74, 6) is 0. The quantitative estimate of drug-likeness (QED) is 0.507. The van der Waals surface area contributed by atoms with Crippen molar-refractivity contribution in [2.45, 2.75) is 0 Å². The third-order valence-electron chi connectivity index (χ3n) is 1.34. The number of hydrogen-bond donors (Lipinski definition) is 0. The Labute approximate surface area is 81.2 Å². The van der Waals surface area contributed by atoms with Crippen LogP contribution in [0.4, 0.5) is 0 Å². The minimum atomic E-state index is 1.01. The van der Waals surface area contributed by atoms with Crippen molar-refractivity contribution >= 4 is 44.2 Å². The van der Waals surface area contributed by atoms with Gasteiger partial charge in [-0.2, -0.15) is 11.3 Å². The van der Waals surface area contributed by atoms with E-state index in [4.69, 9.17) is 12.2 Å². The predicted octanol–water partition coefficient (Wildman–Crippen LogP) is 4.27. The van der Waals surface area contributed by atoms with Crippen LogP contribution in [0.1, 0.15) is 0 Å². The molecule has 0 unspecified atom stereocenters. The average molecular weight is 216 g/mol. The molecule has 0 aliphatic rings. The molecule has 56 valence electrons. The molecule has 11 heavy (non-hydrogen) atoms. The lowest BCUT2D eigenvalue weighted by Crippen LogP contribution is -1.63. The first kappa shape index (κ1) is 7.61. The van der Waals surface area contributed by atoms with Crippen molar-refractivity contribution < 1.29 is 0 Å². The molecule has 2 heterocycles. The molecule has 0 radical (unpaired) electrons. The summed E-state index contributed by atoms with van der Waals surface area (Å²) in [7, 11) is 3.37. The van der Waals surface area contributed by atoms with Crippen molar-refractivity contribution in [3.63, 3.8) is 0 Å². The fourth-order valence-corrected chi connectivity index (χ4v) is 3.86. The lowest BCUT2D eigenvalue weighted by atomic mass is 10.2. The van der Waals surface area contributed by atoms with Crippen LogP contribution in [0.15, 0.2) is 22.2 Å². The van der Waals surface area contributed by atoms with Gasteiger partial charge in [-0.25, -0.2) is 0 Å². The van der Waals surface area contributed by atoms with Gasteiger partial charge in [-0.3, -0.25) is 0 Å². The van der Waals surface area contributed by atoms with Crippen LogP contribution in [0.2, 0.25) is 0 Å². The van der Waals surface area contributed by atoms with Crippen LogP contribution in [-0.4, -0.2) is 0 Å². The minimum absolute atomic E-state index is 1.01. The van der Waals surface area contributed by atoms with Crippen molar-refractivity contribution in [2.75, 3.05) is 0 Å². The molecular formula is C7H4S4. The Balaban J connectivity index is 2.62. The third kappa shape index (κ3) is 1.44. The largest absolute Gasteiger partial charge is 0.152 e. The molecule has 0 spiro atoms. The van der Waals surface area contributed by atoms with Crippen LogP contribution in [0.25, 0.3) is 11.1 Å². The molecule has 0 atom stereocenters. The molecule has 0 N–H and O–H groups in total. The molecule has 0 aliphatic heterocycles. The van der Waals surface area contributed by atoms with Crippen molar-refractivity contribution in [2.24, 2.45) is 0 Å². The molecule has 0 aliphatic carbocycles.